The highest BCUT2D eigenvalue weighted by atomic mass is 35.5. The molecule has 0 N–H and O–H groups in total. The number of nitrogens with zero attached hydrogens (tertiary/aromatic N) is 6. The van der Waals surface area contributed by atoms with E-state index in [-0.39, 0.29) is 0 Å². The van der Waals surface area contributed by atoms with E-state index < -0.39 is 14.9 Å². The first-order valence-corrected chi connectivity index (χ1v) is 26.4. The zero-order chi connectivity index (χ0) is 47.9. The molecule has 8 aromatic carbocycles. The summed E-state index contributed by atoms with van der Waals surface area (Å²) in [6, 6.07) is 72.0. The Bertz CT molecular complexity index is 4280. The summed E-state index contributed by atoms with van der Waals surface area (Å²) in [6.45, 7) is 0. The molecule has 0 bridgehead atoms. The number of pyridine rings is 4. The molecule has 6 heterocycles. The number of hydrogen-bond acceptors (Lipinski definition) is 6. The van der Waals surface area contributed by atoms with Crippen LogP contribution < -0.4 is 26.5 Å². The number of rotatable bonds is 5. The van der Waals surface area contributed by atoms with Crippen LogP contribution in [0.15, 0.2) is 243 Å². The van der Waals surface area contributed by atoms with Crippen molar-refractivity contribution in [3.05, 3.63) is 248 Å². The lowest BCUT2D eigenvalue weighted by atomic mass is 10.1. The first-order valence-electron chi connectivity index (χ1n) is 23.0. The van der Waals surface area contributed by atoms with Crippen molar-refractivity contribution in [3.8, 4) is 0 Å². The van der Waals surface area contributed by atoms with E-state index in [1.807, 2.05) is 133 Å². The van der Waals surface area contributed by atoms with Crippen LogP contribution in [-0.4, -0.2) is 28.7 Å². The van der Waals surface area contributed by atoms with Gasteiger partial charge in [-0.15, -0.1) is 0 Å². The Morgan fingerprint density at radius 1 is 0.394 bits per heavy atom. The second-order valence-corrected chi connectivity index (χ2v) is 21.8. The smallest absolute Gasteiger partial charge is 0.309 e. The SMILES string of the molecule is Clc1ccc2c3ccccc3n3c4ccccc4nc3c2c1.O=P(c1ccccc1)(c1cccnc1)c1ccc2c3ccccc3n3c4ccccc4nc3c2c1.O=[P+](c1ccccc1)c1cccnc1. The van der Waals surface area contributed by atoms with Gasteiger partial charge >= 0.3 is 7.80 Å². The van der Waals surface area contributed by atoms with Crippen LogP contribution in [0.3, 0.4) is 0 Å². The van der Waals surface area contributed by atoms with Crippen LogP contribution >= 0.6 is 26.5 Å². The molecular weight excluding hydrogens is 934 g/mol. The van der Waals surface area contributed by atoms with Gasteiger partial charge in [0.05, 0.1) is 39.3 Å². The molecule has 0 saturated heterocycles. The summed E-state index contributed by atoms with van der Waals surface area (Å²) < 4.78 is 31.4. The van der Waals surface area contributed by atoms with Crippen molar-refractivity contribution in [3.63, 3.8) is 0 Å². The van der Waals surface area contributed by atoms with E-state index in [2.05, 4.69) is 97.6 Å². The Morgan fingerprint density at radius 2 is 0.873 bits per heavy atom. The predicted octanol–water partition coefficient (Wildman–Crippen LogP) is 13.1. The quantitative estimate of drug-likeness (QED) is 0.126. The number of imidazole rings is 2. The molecule has 0 aliphatic rings. The van der Waals surface area contributed by atoms with Gasteiger partial charge in [-0.3, -0.25) is 18.8 Å². The van der Waals surface area contributed by atoms with Gasteiger partial charge in [-0.05, 0) is 102 Å². The maximum absolute atomic E-state index is 15.0. The number of fused-ring (bicyclic) bond motifs is 16. The van der Waals surface area contributed by atoms with Crippen LogP contribution in [0.5, 0.6) is 0 Å². The number of halogens is 1. The van der Waals surface area contributed by atoms with Crippen LogP contribution in [0.25, 0.3) is 76.7 Å². The highest BCUT2D eigenvalue weighted by Crippen LogP contribution is 2.44. The van der Waals surface area contributed by atoms with E-state index in [1.165, 1.54) is 16.3 Å². The molecule has 0 saturated carbocycles. The highest BCUT2D eigenvalue weighted by molar-refractivity contribution is 7.85. The fraction of sp³-hybridized carbons (Fsp3) is 0. The average Bonchev–Trinajstić information content (AvgIpc) is 4.04. The minimum atomic E-state index is -3.15. The van der Waals surface area contributed by atoms with E-state index in [0.29, 0.717) is 0 Å². The minimum absolute atomic E-state index is 0.718. The number of para-hydroxylation sites is 6. The van der Waals surface area contributed by atoms with Gasteiger partial charge in [0.1, 0.15) is 11.3 Å². The van der Waals surface area contributed by atoms with E-state index in [9.17, 15) is 9.13 Å². The van der Waals surface area contributed by atoms with Crippen molar-refractivity contribution in [1.82, 2.24) is 28.7 Å². The van der Waals surface area contributed by atoms with Gasteiger partial charge in [-0.1, -0.05) is 144 Å². The van der Waals surface area contributed by atoms with E-state index in [1.54, 1.807) is 30.9 Å². The summed E-state index contributed by atoms with van der Waals surface area (Å²) in [4.78, 5) is 18.1. The molecule has 0 aliphatic heterocycles. The fourth-order valence-electron chi connectivity index (χ4n) is 9.59. The van der Waals surface area contributed by atoms with Crippen molar-refractivity contribution in [1.29, 1.82) is 0 Å². The van der Waals surface area contributed by atoms with E-state index in [0.717, 1.165) is 92.0 Å². The minimum Gasteiger partial charge on any atom is -0.309 e. The zero-order valence-electron chi connectivity index (χ0n) is 37.9. The molecule has 14 rings (SSSR count). The molecule has 71 heavy (non-hydrogen) atoms. The molecule has 0 fully saturated rings. The van der Waals surface area contributed by atoms with Crippen molar-refractivity contribution >= 4 is 130 Å². The fourth-order valence-corrected chi connectivity index (χ4v) is 13.5. The Hall–Kier alpha value is -8.38. The maximum atomic E-state index is 15.0. The Morgan fingerprint density at radius 3 is 1.45 bits per heavy atom. The van der Waals surface area contributed by atoms with Gasteiger partial charge in [0.2, 0.25) is 5.30 Å². The second-order valence-electron chi connectivity index (χ2n) is 17.0. The summed E-state index contributed by atoms with van der Waals surface area (Å²) in [5.74, 6) is 0. The molecule has 338 valence electrons. The number of aromatic nitrogens is 6. The first-order chi connectivity index (χ1) is 35.0. The van der Waals surface area contributed by atoms with Crippen molar-refractivity contribution in [2.45, 2.75) is 0 Å². The molecule has 0 radical (unpaired) electrons. The van der Waals surface area contributed by atoms with Gasteiger partial charge in [-0.2, -0.15) is 0 Å². The standard InChI is InChI=1S/C30H20N3OP.C19H11ClN2.C11H9NOP/c34-35(21-9-2-1-3-10-21,23-11-8-18-31-20-23)22-16-17-24-25-12-4-6-14-28(25)33-29-15-7-5-13-27(29)32-30(33)26(24)19-22;20-12-9-10-13-14-5-1-3-7-17(14)22-18-8-4-2-6-16(18)21-19(22)15(13)11-12;13-14(10-5-2-1-3-6-10)11-7-4-8-12-9-11/h1-20H;1-11H;1-9H/q;;+1. The average molecular weight is 974 g/mol. The van der Waals surface area contributed by atoms with Crippen LogP contribution in [0, 0.1) is 0 Å². The number of benzene rings is 8. The third-order valence-corrected chi connectivity index (χ3v) is 17.6. The molecule has 0 spiro atoms. The number of hydrogen-bond donors (Lipinski definition) is 0. The van der Waals surface area contributed by atoms with Crippen LogP contribution in [0.1, 0.15) is 0 Å². The third-order valence-electron chi connectivity index (χ3n) is 12.8. The summed E-state index contributed by atoms with van der Waals surface area (Å²) in [7, 11) is -4.64. The van der Waals surface area contributed by atoms with Crippen molar-refractivity contribution in [2.75, 3.05) is 0 Å². The summed E-state index contributed by atoms with van der Waals surface area (Å²) in [6.07, 6.45) is 6.76. The molecule has 6 aromatic heterocycles. The van der Waals surface area contributed by atoms with Gasteiger partial charge in [-0.25, -0.2) is 9.97 Å². The van der Waals surface area contributed by atoms with Crippen molar-refractivity contribution < 1.29 is 9.13 Å². The van der Waals surface area contributed by atoms with Crippen LogP contribution in [-0.2, 0) is 9.13 Å². The maximum Gasteiger partial charge on any atom is 0.416 e. The lowest BCUT2D eigenvalue weighted by Crippen LogP contribution is -2.25. The molecule has 2 atom stereocenters. The predicted molar refractivity (Wildman–Crippen MR) is 295 cm³/mol. The van der Waals surface area contributed by atoms with E-state index >= 15 is 0 Å². The van der Waals surface area contributed by atoms with Crippen LogP contribution in [0.4, 0.5) is 0 Å². The first kappa shape index (κ1) is 43.9. The largest absolute Gasteiger partial charge is 0.416 e. The van der Waals surface area contributed by atoms with Gasteiger partial charge < -0.3 is 4.57 Å². The molecular formula is C60H40ClN6O2P2+. The Labute approximate surface area is 413 Å². The van der Waals surface area contributed by atoms with Crippen LogP contribution in [0.2, 0.25) is 5.02 Å². The summed E-state index contributed by atoms with van der Waals surface area (Å²) in [5.41, 5.74) is 8.22. The molecule has 0 aliphatic carbocycles. The monoisotopic (exact) mass is 973 g/mol. The topological polar surface area (TPSA) is 94.5 Å². The normalized spacial score (nSPS) is 12.5. The van der Waals surface area contributed by atoms with Crippen molar-refractivity contribution in [2.24, 2.45) is 0 Å². The molecule has 14 aromatic rings. The molecule has 2 unspecified atom stereocenters. The Kier molecular flexibility index (Phi) is 11.4. The molecule has 0 amide bonds. The van der Waals surface area contributed by atoms with Gasteiger partial charge in [0.25, 0.3) is 0 Å². The van der Waals surface area contributed by atoms with Gasteiger partial charge in [0.15, 0.2) is 12.4 Å². The summed E-state index contributed by atoms with van der Waals surface area (Å²) in [5, 5.41) is 11.3. The molecule has 8 nitrogen and oxygen atoms in total. The summed E-state index contributed by atoms with van der Waals surface area (Å²) >= 11 is 6.23. The third kappa shape index (κ3) is 7.80. The lowest BCUT2D eigenvalue weighted by Gasteiger charge is -2.20. The van der Waals surface area contributed by atoms with Gasteiger partial charge in [0, 0.05) is 61.1 Å². The Balaban J connectivity index is 0.000000122. The van der Waals surface area contributed by atoms with E-state index in [4.69, 9.17) is 21.6 Å². The highest BCUT2D eigenvalue weighted by Gasteiger charge is 2.31. The second kappa shape index (κ2) is 18.5. The molecule has 11 heteroatoms. The zero-order valence-corrected chi connectivity index (χ0v) is 40.4. The lowest BCUT2D eigenvalue weighted by molar-refractivity contribution is 0.592.